The minimum absolute atomic E-state index is 0.0409. The highest BCUT2D eigenvalue weighted by Gasteiger charge is 2.40. The van der Waals surface area contributed by atoms with E-state index in [-0.39, 0.29) is 47.8 Å². The predicted octanol–water partition coefficient (Wildman–Crippen LogP) is 6.16. The lowest BCUT2D eigenvalue weighted by molar-refractivity contribution is -0.880. The van der Waals surface area contributed by atoms with E-state index in [1.54, 1.807) is 49.5 Å². The Kier molecular flexibility index (Phi) is 12.8. The van der Waals surface area contributed by atoms with Crippen molar-refractivity contribution in [1.29, 1.82) is 0 Å². The number of fused-ring (bicyclic) bond motifs is 1. The molecule has 7 rings (SSSR count). The molecule has 0 saturated carbocycles. The van der Waals surface area contributed by atoms with Crippen LogP contribution in [0.5, 0.6) is 11.5 Å². The van der Waals surface area contributed by atoms with Gasteiger partial charge in [0.15, 0.2) is 28.9 Å². The molecule has 324 valence electrons. The van der Waals surface area contributed by atoms with Crippen molar-refractivity contribution in [2.45, 2.75) is 32.4 Å². The topological polar surface area (TPSA) is 178 Å². The number of ketones is 1. The van der Waals surface area contributed by atoms with Crippen molar-refractivity contribution in [2.75, 3.05) is 87.7 Å². The number of rotatable bonds is 16. The molecule has 3 aliphatic rings. The molecule has 0 radical (unpaired) electrons. The maximum Gasteiger partial charge on any atom is 0.368 e. The van der Waals surface area contributed by atoms with Gasteiger partial charge in [0.05, 0.1) is 78.1 Å². The maximum absolute atomic E-state index is 16.0. The number of pyridine rings is 1. The van der Waals surface area contributed by atoms with Gasteiger partial charge in [-0.1, -0.05) is 29.3 Å². The molecular weight excluding hydrogens is 807 g/mol. The Morgan fingerprint density at radius 1 is 1.06 bits per heavy atom. The fraction of sp³-hybridized carbons (Fsp3) is 0.349. The number of hydrogen-bond acceptors (Lipinski definition) is 13. The molecule has 2 aromatic carbocycles. The Hall–Kier alpha value is -6.86. The number of benzene rings is 2. The lowest BCUT2D eigenvalue weighted by atomic mass is 10.00. The van der Waals surface area contributed by atoms with Gasteiger partial charge in [0.2, 0.25) is 5.95 Å². The predicted molar refractivity (Wildman–Crippen MR) is 228 cm³/mol. The Labute approximate surface area is 356 Å². The number of carbonyl (C=O) groups excluding carboxylic acids is 2. The van der Waals surface area contributed by atoms with Crippen LogP contribution in [0.4, 0.5) is 42.5 Å². The van der Waals surface area contributed by atoms with E-state index in [1.165, 1.54) is 37.6 Å². The molecule has 0 spiro atoms. The van der Waals surface area contributed by atoms with Crippen LogP contribution in [0, 0.1) is 21.7 Å². The molecule has 62 heavy (non-hydrogen) atoms. The first-order chi connectivity index (χ1) is 29.8. The summed E-state index contributed by atoms with van der Waals surface area (Å²) >= 11 is 0. The number of aliphatic imine (C=N–C) groups is 1. The van der Waals surface area contributed by atoms with Gasteiger partial charge in [-0.15, -0.1) is 0 Å². The van der Waals surface area contributed by atoms with Gasteiger partial charge in [0.25, 0.3) is 0 Å². The average Bonchev–Trinajstić information content (AvgIpc) is 3.72. The van der Waals surface area contributed by atoms with Gasteiger partial charge >= 0.3 is 11.9 Å². The zero-order valence-electron chi connectivity index (χ0n) is 35.0. The number of amides is 2. The highest BCUT2D eigenvalue weighted by molar-refractivity contribution is 6.06. The minimum Gasteiger partial charge on any atom is -0.493 e. The van der Waals surface area contributed by atoms with Gasteiger partial charge in [-0.25, -0.2) is 23.5 Å². The minimum atomic E-state index is -1.09. The zero-order valence-corrected chi connectivity index (χ0v) is 35.0. The van der Waals surface area contributed by atoms with Gasteiger partial charge in [-0.2, -0.15) is 4.98 Å². The van der Waals surface area contributed by atoms with Crippen molar-refractivity contribution in [3.8, 4) is 11.5 Å². The second-order valence-electron chi connectivity index (χ2n) is 15.6. The van der Waals surface area contributed by atoms with Crippen molar-refractivity contribution in [3.63, 3.8) is 0 Å². The first kappa shape index (κ1) is 43.2. The SMILES string of the molecule is COc1cc(OC)c(F)c(N2Cc3cnc(Nc4ccc(N5CCOCC5)cn4)nc3N(C(C)c3cccc(CC(=O)/C=C/C[N+](C)(C)CC4=C([N+](=O)[O-])N=CC4)c3)C2=O)c1F. The standard InChI is InChI=1S/C43H47F2N10O7/c1-27(29-9-6-8-28(20-29)21-33(56)10-7-17-55(2,3)26-30-13-14-46-40(30)54(58)59)53-41-31(25-52(43(53)57)39-37(44)34(60-4)22-35(61-5)38(39)45)23-48-42(50-41)49-36-12-11-32(24-47-36)51-15-18-62-19-16-51/h6-12,14,20,22-24,27H,13,15-19,21,25-26H2,1-5H3,(H,47,48,49,50)/q+1/b10-7+. The molecule has 1 fully saturated rings. The number of nitrogens with zero attached hydrogens (tertiary/aromatic N) is 9. The third-order valence-corrected chi connectivity index (χ3v) is 10.8. The average molecular weight is 854 g/mol. The van der Waals surface area contributed by atoms with Crippen molar-refractivity contribution in [3.05, 3.63) is 117 Å². The number of methoxy groups -OCH3 is 2. The van der Waals surface area contributed by atoms with Gasteiger partial charge in [-0.3, -0.25) is 14.6 Å². The van der Waals surface area contributed by atoms with Gasteiger partial charge in [0, 0.05) is 43.8 Å². The van der Waals surface area contributed by atoms with E-state index >= 15 is 8.78 Å². The number of nitrogens with one attached hydrogen (secondary N) is 1. The summed E-state index contributed by atoms with van der Waals surface area (Å²) in [5.41, 5.74) is 2.57. The van der Waals surface area contributed by atoms with E-state index in [2.05, 4.69) is 25.2 Å². The lowest BCUT2D eigenvalue weighted by Crippen LogP contribution is -2.49. The summed E-state index contributed by atoms with van der Waals surface area (Å²) in [5, 5.41) is 14.5. The van der Waals surface area contributed by atoms with Crippen molar-refractivity contribution >= 4 is 47.0 Å². The monoisotopic (exact) mass is 853 g/mol. The summed E-state index contributed by atoms with van der Waals surface area (Å²) < 4.78 is 48.2. The molecule has 17 nitrogen and oxygen atoms in total. The van der Waals surface area contributed by atoms with Crippen LogP contribution in [-0.4, -0.2) is 110 Å². The number of nitro groups is 1. The number of likely N-dealkylation sites (N-methyl/N-ethyl adjacent to an activating group) is 1. The largest absolute Gasteiger partial charge is 0.493 e. The number of halogens is 2. The van der Waals surface area contributed by atoms with Crippen molar-refractivity contribution < 1.29 is 42.0 Å². The van der Waals surface area contributed by atoms with Gasteiger partial charge in [-0.05, 0) is 47.3 Å². The van der Waals surface area contributed by atoms with Gasteiger partial charge in [0.1, 0.15) is 30.1 Å². The molecule has 0 bridgehead atoms. The number of anilines is 5. The first-order valence-corrected chi connectivity index (χ1v) is 19.9. The molecule has 3 aliphatic heterocycles. The van der Waals surface area contributed by atoms with Crippen LogP contribution in [0.3, 0.4) is 0 Å². The lowest BCUT2D eigenvalue weighted by Gasteiger charge is -2.39. The number of quaternary nitrogens is 1. The third-order valence-electron chi connectivity index (χ3n) is 10.8. The van der Waals surface area contributed by atoms with E-state index in [0.717, 1.165) is 29.7 Å². The third kappa shape index (κ3) is 9.37. The molecule has 5 heterocycles. The fourth-order valence-corrected chi connectivity index (χ4v) is 7.61. The quantitative estimate of drug-likeness (QED) is 0.0589. The Bertz CT molecular complexity index is 2430. The molecule has 4 aromatic rings. The van der Waals surface area contributed by atoms with Crippen LogP contribution < -0.4 is 29.5 Å². The summed E-state index contributed by atoms with van der Waals surface area (Å²) in [6.07, 6.45) is 8.46. The van der Waals surface area contributed by atoms with Crippen molar-refractivity contribution in [1.82, 2.24) is 15.0 Å². The molecule has 19 heteroatoms. The molecule has 1 unspecified atom stereocenters. The van der Waals surface area contributed by atoms with Crippen LogP contribution >= 0.6 is 0 Å². The number of urea groups is 1. The molecular formula is C43H47F2N10O7+. The fourth-order valence-electron chi connectivity index (χ4n) is 7.61. The second kappa shape index (κ2) is 18.4. The van der Waals surface area contributed by atoms with Crippen LogP contribution in [0.1, 0.15) is 36.1 Å². The molecule has 1 atom stereocenters. The number of carbonyl (C=O) groups is 2. The Morgan fingerprint density at radius 2 is 1.81 bits per heavy atom. The summed E-state index contributed by atoms with van der Waals surface area (Å²) in [6, 6.07) is 10.4. The maximum atomic E-state index is 16.0. The number of ether oxygens (including phenoxy) is 3. The zero-order chi connectivity index (χ0) is 44.1. The summed E-state index contributed by atoms with van der Waals surface area (Å²) in [4.78, 5) is 61.0. The van der Waals surface area contributed by atoms with E-state index in [9.17, 15) is 19.7 Å². The van der Waals surface area contributed by atoms with Crippen LogP contribution in [0.15, 0.2) is 83.4 Å². The highest BCUT2D eigenvalue weighted by atomic mass is 19.1. The number of allylic oxidation sites excluding steroid dienone is 1. The number of morpholine rings is 1. The van der Waals surface area contributed by atoms with Crippen LogP contribution in [-0.2, 0) is 22.5 Å². The molecule has 1 N–H and O–H groups in total. The Morgan fingerprint density at radius 3 is 2.48 bits per heavy atom. The molecule has 1 saturated heterocycles. The molecule has 0 aliphatic carbocycles. The number of hydrogen-bond donors (Lipinski definition) is 1. The van der Waals surface area contributed by atoms with E-state index in [4.69, 9.17) is 19.2 Å². The highest BCUT2D eigenvalue weighted by Crippen LogP contribution is 2.42. The normalized spacial score (nSPS) is 15.9. The molecule has 2 aromatic heterocycles. The smallest absolute Gasteiger partial charge is 0.368 e. The summed E-state index contributed by atoms with van der Waals surface area (Å²) in [6.45, 7) is 5.07. The van der Waals surface area contributed by atoms with E-state index in [1.807, 2.05) is 20.2 Å². The van der Waals surface area contributed by atoms with Crippen LogP contribution in [0.25, 0.3) is 0 Å². The van der Waals surface area contributed by atoms with E-state index in [0.29, 0.717) is 65.3 Å². The van der Waals surface area contributed by atoms with E-state index < -0.39 is 34.3 Å². The molecule has 2 amide bonds. The van der Waals surface area contributed by atoms with Gasteiger partial charge < -0.3 is 39.0 Å². The summed E-state index contributed by atoms with van der Waals surface area (Å²) in [5.74, 6) is -2.35. The summed E-state index contributed by atoms with van der Waals surface area (Å²) in [7, 11) is 6.29. The first-order valence-electron chi connectivity index (χ1n) is 19.9. The van der Waals surface area contributed by atoms with Crippen molar-refractivity contribution in [2.24, 2.45) is 4.99 Å². The number of aromatic nitrogens is 3. The van der Waals surface area contributed by atoms with Crippen LogP contribution in [0.2, 0.25) is 0 Å². The second-order valence-corrected chi connectivity index (χ2v) is 15.6. The Balaban J connectivity index is 1.15.